The van der Waals surface area contributed by atoms with Crippen molar-refractivity contribution in [2.45, 2.75) is 6.92 Å². The third-order valence-corrected chi connectivity index (χ3v) is 1.83. The molecule has 0 aliphatic rings. The highest BCUT2D eigenvalue weighted by Gasteiger charge is 2.02. The molecule has 0 fully saturated rings. The molecular formula is C10H15N3O. The van der Waals surface area contributed by atoms with Gasteiger partial charge in [0.05, 0.1) is 6.54 Å². The molecule has 4 nitrogen and oxygen atoms in total. The molecule has 0 bridgehead atoms. The highest BCUT2D eigenvalue weighted by Crippen LogP contribution is 2.02. The summed E-state index contributed by atoms with van der Waals surface area (Å²) in [5.41, 5.74) is 1.11. The molecule has 14 heavy (non-hydrogen) atoms. The average molecular weight is 193 g/mol. The van der Waals surface area contributed by atoms with Crippen LogP contribution in [0.5, 0.6) is 0 Å². The van der Waals surface area contributed by atoms with Crippen LogP contribution in [0.15, 0.2) is 18.3 Å². The number of amides is 1. The predicted octanol–water partition coefficient (Wildman–Crippen LogP) is 0.890. The Morgan fingerprint density at radius 2 is 2.21 bits per heavy atom. The fourth-order valence-corrected chi connectivity index (χ4v) is 0.897. The Morgan fingerprint density at radius 3 is 2.71 bits per heavy atom. The van der Waals surface area contributed by atoms with Crippen LogP contribution in [0.25, 0.3) is 0 Å². The van der Waals surface area contributed by atoms with Crippen LogP contribution >= 0.6 is 0 Å². The minimum atomic E-state index is 0.0346. The number of hydrogen-bond donors (Lipinski definition) is 1. The minimum absolute atomic E-state index is 0.0346. The number of aryl methyl sites for hydroxylation is 1. The molecule has 4 heteroatoms. The number of likely N-dealkylation sites (N-methyl/N-ethyl adjacent to an activating group) is 1. The van der Waals surface area contributed by atoms with E-state index in [-0.39, 0.29) is 12.5 Å². The summed E-state index contributed by atoms with van der Waals surface area (Å²) in [4.78, 5) is 16.9. The van der Waals surface area contributed by atoms with Gasteiger partial charge in [0.2, 0.25) is 5.91 Å². The highest BCUT2D eigenvalue weighted by molar-refractivity contribution is 5.79. The second-order valence-corrected chi connectivity index (χ2v) is 3.36. The van der Waals surface area contributed by atoms with Crippen LogP contribution in [0, 0.1) is 6.92 Å². The number of hydrogen-bond acceptors (Lipinski definition) is 3. The third kappa shape index (κ3) is 3.05. The molecule has 0 saturated heterocycles. The number of nitrogens with one attached hydrogen (secondary N) is 1. The van der Waals surface area contributed by atoms with Crippen LogP contribution in [0.3, 0.4) is 0 Å². The molecule has 0 aliphatic carbocycles. The summed E-state index contributed by atoms with van der Waals surface area (Å²) >= 11 is 0. The average Bonchev–Trinajstić information content (AvgIpc) is 2.16. The first-order valence-electron chi connectivity index (χ1n) is 4.46. The van der Waals surface area contributed by atoms with Gasteiger partial charge in [0, 0.05) is 20.3 Å². The quantitative estimate of drug-likeness (QED) is 0.775. The summed E-state index contributed by atoms with van der Waals surface area (Å²) in [7, 11) is 3.46. The Hall–Kier alpha value is -1.58. The van der Waals surface area contributed by atoms with Crippen molar-refractivity contribution in [1.29, 1.82) is 0 Å². The van der Waals surface area contributed by atoms with Crippen molar-refractivity contribution >= 4 is 11.7 Å². The van der Waals surface area contributed by atoms with Crippen LogP contribution in [0.1, 0.15) is 5.56 Å². The van der Waals surface area contributed by atoms with Crippen LogP contribution < -0.4 is 5.32 Å². The molecule has 0 aromatic carbocycles. The maximum atomic E-state index is 11.2. The lowest BCUT2D eigenvalue weighted by Gasteiger charge is -2.11. The predicted molar refractivity (Wildman–Crippen MR) is 56.2 cm³/mol. The van der Waals surface area contributed by atoms with Crippen LogP contribution in [-0.2, 0) is 4.79 Å². The van der Waals surface area contributed by atoms with Crippen molar-refractivity contribution in [3.05, 3.63) is 23.9 Å². The van der Waals surface area contributed by atoms with Gasteiger partial charge < -0.3 is 10.2 Å². The van der Waals surface area contributed by atoms with E-state index in [1.165, 1.54) is 0 Å². The molecule has 76 valence electrons. The Morgan fingerprint density at radius 1 is 1.50 bits per heavy atom. The van der Waals surface area contributed by atoms with Crippen molar-refractivity contribution in [2.75, 3.05) is 26.0 Å². The number of anilines is 1. The number of rotatable bonds is 3. The fourth-order valence-electron chi connectivity index (χ4n) is 0.897. The summed E-state index contributed by atoms with van der Waals surface area (Å²) in [6.45, 7) is 2.25. The molecule has 1 heterocycles. The topological polar surface area (TPSA) is 45.2 Å². The van der Waals surface area contributed by atoms with Gasteiger partial charge in [-0.2, -0.15) is 0 Å². The Bertz CT molecular complexity index is 306. The highest BCUT2D eigenvalue weighted by atomic mass is 16.2. The van der Waals surface area contributed by atoms with Gasteiger partial charge in [0.25, 0.3) is 0 Å². The first-order valence-corrected chi connectivity index (χ1v) is 4.46. The lowest BCUT2D eigenvalue weighted by atomic mass is 10.3. The van der Waals surface area contributed by atoms with Crippen molar-refractivity contribution in [2.24, 2.45) is 0 Å². The molecule has 0 radical (unpaired) electrons. The number of aromatic nitrogens is 1. The molecule has 1 amide bonds. The maximum Gasteiger partial charge on any atom is 0.241 e. The first kappa shape index (κ1) is 10.5. The van der Waals surface area contributed by atoms with E-state index in [0.717, 1.165) is 11.4 Å². The van der Waals surface area contributed by atoms with Gasteiger partial charge in [-0.05, 0) is 18.6 Å². The standard InChI is InChI=1S/C10H15N3O/c1-8-4-5-9(11-6-8)12-7-10(14)13(2)3/h4-6H,7H2,1-3H3,(H,11,12). The van der Waals surface area contributed by atoms with E-state index in [0.29, 0.717) is 0 Å². The van der Waals surface area contributed by atoms with Crippen molar-refractivity contribution in [1.82, 2.24) is 9.88 Å². The van der Waals surface area contributed by atoms with E-state index in [2.05, 4.69) is 10.3 Å². The Balaban J connectivity index is 2.46. The number of pyridine rings is 1. The first-order chi connectivity index (χ1) is 6.59. The molecule has 0 saturated carbocycles. The zero-order valence-corrected chi connectivity index (χ0v) is 8.74. The minimum Gasteiger partial charge on any atom is -0.361 e. The van der Waals surface area contributed by atoms with Gasteiger partial charge in [-0.25, -0.2) is 4.98 Å². The van der Waals surface area contributed by atoms with Crippen molar-refractivity contribution < 1.29 is 4.79 Å². The lowest BCUT2D eigenvalue weighted by molar-refractivity contribution is -0.126. The molecule has 1 aromatic heterocycles. The summed E-state index contributed by atoms with van der Waals surface area (Å²) < 4.78 is 0. The van der Waals surface area contributed by atoms with Gasteiger partial charge in [0.15, 0.2) is 0 Å². The summed E-state index contributed by atoms with van der Waals surface area (Å²) in [5.74, 6) is 0.762. The molecule has 0 aliphatic heterocycles. The number of carbonyl (C=O) groups is 1. The monoisotopic (exact) mass is 193 g/mol. The smallest absolute Gasteiger partial charge is 0.241 e. The van der Waals surface area contributed by atoms with Crippen LogP contribution in [0.2, 0.25) is 0 Å². The zero-order chi connectivity index (χ0) is 10.6. The Kier molecular flexibility index (Phi) is 3.45. The van der Waals surface area contributed by atoms with E-state index in [9.17, 15) is 4.79 Å². The second kappa shape index (κ2) is 4.60. The van der Waals surface area contributed by atoms with E-state index in [1.807, 2.05) is 19.1 Å². The summed E-state index contributed by atoms with van der Waals surface area (Å²) in [6, 6.07) is 3.81. The second-order valence-electron chi connectivity index (χ2n) is 3.36. The van der Waals surface area contributed by atoms with E-state index >= 15 is 0 Å². The third-order valence-electron chi connectivity index (χ3n) is 1.83. The largest absolute Gasteiger partial charge is 0.361 e. The van der Waals surface area contributed by atoms with Gasteiger partial charge in [0.1, 0.15) is 5.82 Å². The molecule has 1 aromatic rings. The Labute approximate surface area is 83.9 Å². The zero-order valence-electron chi connectivity index (χ0n) is 8.74. The normalized spacial score (nSPS) is 9.64. The molecule has 1 N–H and O–H groups in total. The molecule has 1 rings (SSSR count). The van der Waals surface area contributed by atoms with Crippen LogP contribution in [0.4, 0.5) is 5.82 Å². The SMILES string of the molecule is Cc1ccc(NCC(=O)N(C)C)nc1. The van der Waals surface area contributed by atoms with E-state index < -0.39 is 0 Å². The van der Waals surface area contributed by atoms with Gasteiger partial charge in [-0.1, -0.05) is 6.07 Å². The van der Waals surface area contributed by atoms with E-state index in [4.69, 9.17) is 0 Å². The summed E-state index contributed by atoms with van der Waals surface area (Å²) in [6.07, 6.45) is 1.77. The lowest BCUT2D eigenvalue weighted by Crippen LogP contribution is -2.28. The van der Waals surface area contributed by atoms with E-state index in [1.54, 1.807) is 25.2 Å². The number of nitrogens with zero attached hydrogens (tertiary/aromatic N) is 2. The van der Waals surface area contributed by atoms with Crippen molar-refractivity contribution in [3.63, 3.8) is 0 Å². The summed E-state index contributed by atoms with van der Waals surface area (Å²) in [5, 5.41) is 2.95. The van der Waals surface area contributed by atoms with Crippen LogP contribution in [-0.4, -0.2) is 36.4 Å². The van der Waals surface area contributed by atoms with Gasteiger partial charge >= 0.3 is 0 Å². The number of carbonyl (C=O) groups excluding carboxylic acids is 1. The van der Waals surface area contributed by atoms with Crippen molar-refractivity contribution in [3.8, 4) is 0 Å². The maximum absolute atomic E-state index is 11.2. The molecule has 0 unspecified atom stereocenters. The fraction of sp³-hybridized carbons (Fsp3) is 0.400. The molecule has 0 atom stereocenters. The van der Waals surface area contributed by atoms with Gasteiger partial charge in [-0.15, -0.1) is 0 Å². The molecule has 0 spiro atoms. The van der Waals surface area contributed by atoms with Gasteiger partial charge in [-0.3, -0.25) is 4.79 Å². The molecular weight excluding hydrogens is 178 g/mol.